The van der Waals surface area contributed by atoms with E-state index < -0.39 is 0 Å². The molecule has 6 rings (SSSR count). The summed E-state index contributed by atoms with van der Waals surface area (Å²) in [6.45, 7) is 4.55. The fourth-order valence-electron chi connectivity index (χ4n) is 4.66. The van der Waals surface area contributed by atoms with Crippen LogP contribution in [0.15, 0.2) is 71.1 Å². The highest BCUT2D eigenvalue weighted by atomic mass is 35.5. The SMILES string of the molecule is CC1(C)c2ccccc2-c2ccc(-c3nc(Cl)nc4oc5ccccc5c34)cc21. The molecule has 0 N–H and O–H groups in total. The maximum Gasteiger partial charge on any atom is 0.232 e. The average molecular weight is 397 g/mol. The fourth-order valence-corrected chi connectivity index (χ4v) is 4.82. The summed E-state index contributed by atoms with van der Waals surface area (Å²) < 4.78 is 5.94. The van der Waals surface area contributed by atoms with Gasteiger partial charge in [0, 0.05) is 16.4 Å². The summed E-state index contributed by atoms with van der Waals surface area (Å²) >= 11 is 6.27. The summed E-state index contributed by atoms with van der Waals surface area (Å²) in [6.07, 6.45) is 0. The van der Waals surface area contributed by atoms with Crippen molar-refractivity contribution in [1.29, 1.82) is 0 Å². The number of hydrogen-bond acceptors (Lipinski definition) is 3. The normalized spacial score (nSPS) is 14.3. The van der Waals surface area contributed by atoms with Crippen LogP contribution in [-0.4, -0.2) is 9.97 Å². The van der Waals surface area contributed by atoms with Gasteiger partial charge in [0.05, 0.1) is 11.1 Å². The minimum absolute atomic E-state index is 0.0731. The zero-order chi connectivity index (χ0) is 19.8. The van der Waals surface area contributed by atoms with Crippen LogP contribution in [0.25, 0.3) is 44.5 Å². The maximum atomic E-state index is 6.27. The van der Waals surface area contributed by atoms with Gasteiger partial charge in [-0.3, -0.25) is 0 Å². The van der Waals surface area contributed by atoms with Crippen LogP contribution in [0.3, 0.4) is 0 Å². The van der Waals surface area contributed by atoms with Crippen LogP contribution in [-0.2, 0) is 5.41 Å². The number of halogens is 1. The van der Waals surface area contributed by atoms with E-state index in [1.165, 1.54) is 22.3 Å². The smallest absolute Gasteiger partial charge is 0.232 e. The third-order valence-corrected chi connectivity index (χ3v) is 6.24. The van der Waals surface area contributed by atoms with E-state index in [1.54, 1.807) is 0 Å². The van der Waals surface area contributed by atoms with E-state index in [2.05, 4.69) is 66.3 Å². The number of benzene rings is 3. The van der Waals surface area contributed by atoms with Gasteiger partial charge in [-0.25, -0.2) is 4.98 Å². The first-order valence-electron chi connectivity index (χ1n) is 9.63. The Morgan fingerprint density at radius 3 is 2.48 bits per heavy atom. The molecule has 1 aliphatic rings. The van der Waals surface area contributed by atoms with Crippen molar-refractivity contribution in [3.8, 4) is 22.4 Å². The zero-order valence-electron chi connectivity index (χ0n) is 16.0. The summed E-state index contributed by atoms with van der Waals surface area (Å²) in [4.78, 5) is 8.93. The summed E-state index contributed by atoms with van der Waals surface area (Å²) in [5, 5.41) is 2.09. The third-order valence-electron chi connectivity index (χ3n) is 6.07. The highest BCUT2D eigenvalue weighted by molar-refractivity contribution is 6.29. The van der Waals surface area contributed by atoms with Gasteiger partial charge in [0.1, 0.15) is 5.58 Å². The molecule has 2 heterocycles. The Hall–Kier alpha value is -3.17. The lowest BCUT2D eigenvalue weighted by molar-refractivity contribution is 0.653. The molecule has 0 spiro atoms. The van der Waals surface area contributed by atoms with Crippen molar-refractivity contribution in [1.82, 2.24) is 9.97 Å². The van der Waals surface area contributed by atoms with E-state index in [1.807, 2.05) is 24.3 Å². The number of nitrogens with zero attached hydrogens (tertiary/aromatic N) is 2. The molecule has 0 amide bonds. The van der Waals surface area contributed by atoms with Crippen LogP contribution in [0, 0.1) is 0 Å². The maximum absolute atomic E-state index is 6.27. The second-order valence-corrected chi connectivity index (χ2v) is 8.39. The molecule has 0 fully saturated rings. The Kier molecular flexibility index (Phi) is 3.28. The van der Waals surface area contributed by atoms with Crippen molar-refractivity contribution in [2.24, 2.45) is 0 Å². The molecule has 29 heavy (non-hydrogen) atoms. The van der Waals surface area contributed by atoms with Crippen LogP contribution in [0.2, 0.25) is 5.28 Å². The van der Waals surface area contributed by atoms with Crippen molar-refractivity contribution >= 4 is 33.7 Å². The monoisotopic (exact) mass is 396 g/mol. The fraction of sp³-hybridized carbons (Fsp3) is 0.120. The number of rotatable bonds is 1. The van der Waals surface area contributed by atoms with Gasteiger partial charge in [-0.1, -0.05) is 68.4 Å². The van der Waals surface area contributed by atoms with Crippen molar-refractivity contribution in [3.05, 3.63) is 83.1 Å². The van der Waals surface area contributed by atoms with E-state index in [-0.39, 0.29) is 10.7 Å². The van der Waals surface area contributed by atoms with Gasteiger partial charge in [0.15, 0.2) is 0 Å². The molecule has 0 saturated carbocycles. The molecule has 0 radical (unpaired) electrons. The van der Waals surface area contributed by atoms with Crippen LogP contribution in [0.1, 0.15) is 25.0 Å². The lowest BCUT2D eigenvalue weighted by atomic mass is 9.82. The molecular formula is C25H17ClN2O. The molecule has 140 valence electrons. The molecule has 3 aromatic carbocycles. The van der Waals surface area contributed by atoms with E-state index >= 15 is 0 Å². The number of furan rings is 1. The first kappa shape index (κ1) is 16.8. The number of aromatic nitrogens is 2. The van der Waals surface area contributed by atoms with Crippen LogP contribution in [0.4, 0.5) is 0 Å². The van der Waals surface area contributed by atoms with Gasteiger partial charge < -0.3 is 4.42 Å². The molecule has 0 saturated heterocycles. The summed E-state index contributed by atoms with van der Waals surface area (Å²) in [6, 6.07) is 23.1. The van der Waals surface area contributed by atoms with Crippen LogP contribution >= 0.6 is 11.6 Å². The number of fused-ring (bicyclic) bond motifs is 6. The number of hydrogen-bond donors (Lipinski definition) is 0. The summed E-state index contributed by atoms with van der Waals surface area (Å²) in [5.74, 6) is 0. The first-order valence-corrected chi connectivity index (χ1v) is 10.0. The molecule has 0 unspecified atom stereocenters. The molecule has 5 aromatic rings. The summed E-state index contributed by atoms with van der Waals surface area (Å²) in [5.41, 5.74) is 8.29. The van der Waals surface area contributed by atoms with Gasteiger partial charge in [-0.15, -0.1) is 0 Å². The second-order valence-electron chi connectivity index (χ2n) is 8.05. The van der Waals surface area contributed by atoms with Crippen molar-refractivity contribution in [3.63, 3.8) is 0 Å². The Labute approximate surface area is 173 Å². The van der Waals surface area contributed by atoms with Crippen molar-refractivity contribution in [2.75, 3.05) is 0 Å². The second kappa shape index (κ2) is 5.68. The van der Waals surface area contributed by atoms with Crippen LogP contribution < -0.4 is 0 Å². The predicted octanol–water partition coefficient (Wildman–Crippen LogP) is 7.00. The van der Waals surface area contributed by atoms with Gasteiger partial charge in [-0.2, -0.15) is 4.98 Å². The first-order chi connectivity index (χ1) is 14.0. The van der Waals surface area contributed by atoms with Crippen LogP contribution in [0.5, 0.6) is 0 Å². The Morgan fingerprint density at radius 1 is 0.828 bits per heavy atom. The minimum Gasteiger partial charge on any atom is -0.438 e. The van der Waals surface area contributed by atoms with E-state index in [0.29, 0.717) is 5.71 Å². The molecular weight excluding hydrogens is 380 g/mol. The minimum atomic E-state index is -0.0731. The third kappa shape index (κ3) is 2.25. The van der Waals surface area contributed by atoms with Gasteiger partial charge in [-0.05, 0) is 46.0 Å². The number of para-hydroxylation sites is 1. The molecule has 2 aromatic heterocycles. The molecule has 0 bridgehead atoms. The highest BCUT2D eigenvalue weighted by Gasteiger charge is 2.35. The largest absolute Gasteiger partial charge is 0.438 e. The Bertz CT molecular complexity index is 1450. The predicted molar refractivity (Wildman–Crippen MR) is 117 cm³/mol. The molecule has 1 aliphatic carbocycles. The van der Waals surface area contributed by atoms with Crippen molar-refractivity contribution < 1.29 is 4.42 Å². The van der Waals surface area contributed by atoms with E-state index in [4.69, 9.17) is 16.0 Å². The van der Waals surface area contributed by atoms with Gasteiger partial charge >= 0.3 is 0 Å². The molecule has 3 nitrogen and oxygen atoms in total. The van der Waals surface area contributed by atoms with Gasteiger partial charge in [0.25, 0.3) is 0 Å². The standard InChI is InChI=1S/C25H17ClN2O/c1-25(2)18-9-5-3-7-15(18)16-12-11-14(13-19(16)25)22-21-17-8-4-6-10-20(17)29-23(21)28-24(26)27-22/h3-13H,1-2H3. The lowest BCUT2D eigenvalue weighted by Crippen LogP contribution is -2.14. The zero-order valence-corrected chi connectivity index (χ0v) is 16.8. The summed E-state index contributed by atoms with van der Waals surface area (Å²) in [7, 11) is 0. The molecule has 4 heteroatoms. The highest BCUT2D eigenvalue weighted by Crippen LogP contribution is 2.49. The topological polar surface area (TPSA) is 38.9 Å². The Balaban J connectivity index is 1.66. The lowest BCUT2D eigenvalue weighted by Gasteiger charge is -2.21. The van der Waals surface area contributed by atoms with E-state index in [0.717, 1.165) is 27.6 Å². The Morgan fingerprint density at radius 2 is 1.59 bits per heavy atom. The molecule has 0 atom stereocenters. The van der Waals surface area contributed by atoms with Crippen molar-refractivity contribution in [2.45, 2.75) is 19.3 Å². The molecule has 0 aliphatic heterocycles. The quantitative estimate of drug-likeness (QED) is 0.286. The van der Waals surface area contributed by atoms with E-state index in [9.17, 15) is 0 Å². The van der Waals surface area contributed by atoms with Gasteiger partial charge in [0.2, 0.25) is 11.0 Å². The average Bonchev–Trinajstić information content (AvgIpc) is 3.20.